The van der Waals surface area contributed by atoms with Gasteiger partial charge < -0.3 is 0 Å². The lowest BCUT2D eigenvalue weighted by atomic mass is 9.61. The number of carbonyl (C=O) groups is 1. The number of hydrogen-bond acceptors (Lipinski definition) is 1. The molecular formula is C18H30OSi. The van der Waals surface area contributed by atoms with Crippen LogP contribution >= 0.6 is 0 Å². The summed E-state index contributed by atoms with van der Waals surface area (Å²) in [5.74, 6) is 2.02. The fourth-order valence-corrected chi connectivity index (χ4v) is 5.86. The van der Waals surface area contributed by atoms with E-state index in [1.54, 1.807) is 0 Å². The normalized spacial score (nSPS) is 33.0. The van der Waals surface area contributed by atoms with Crippen molar-refractivity contribution in [3.63, 3.8) is 0 Å². The zero-order valence-electron chi connectivity index (χ0n) is 14.2. The van der Waals surface area contributed by atoms with Gasteiger partial charge in [0.05, 0.1) is 8.07 Å². The minimum atomic E-state index is -1.33. The first kappa shape index (κ1) is 15.8. The highest BCUT2D eigenvalue weighted by Crippen LogP contribution is 2.57. The number of Topliss-reactive ketones (excluding diaryl/α,β-unsaturated/α-hetero) is 1. The molecule has 1 fully saturated rings. The van der Waals surface area contributed by atoms with Gasteiger partial charge in [-0.3, -0.25) is 4.79 Å². The van der Waals surface area contributed by atoms with Crippen molar-refractivity contribution in [2.75, 3.05) is 0 Å². The molecule has 0 heterocycles. The Bertz CT molecular complexity index is 476. The fraction of sp³-hybridized carbons (Fsp3) is 0.722. The van der Waals surface area contributed by atoms with Crippen LogP contribution in [0, 0.1) is 23.2 Å². The van der Waals surface area contributed by atoms with Gasteiger partial charge in [-0.1, -0.05) is 52.2 Å². The molecule has 2 aliphatic rings. The Hall–Kier alpha value is -0.633. The van der Waals surface area contributed by atoms with Crippen molar-refractivity contribution in [2.45, 2.75) is 60.2 Å². The summed E-state index contributed by atoms with van der Waals surface area (Å²) >= 11 is 0. The Kier molecular flexibility index (Phi) is 3.92. The van der Waals surface area contributed by atoms with Gasteiger partial charge in [-0.05, 0) is 54.1 Å². The smallest absolute Gasteiger partial charge is 0.184 e. The van der Waals surface area contributed by atoms with Crippen molar-refractivity contribution in [1.82, 2.24) is 0 Å². The molecule has 0 saturated heterocycles. The van der Waals surface area contributed by atoms with E-state index in [4.69, 9.17) is 0 Å². The van der Waals surface area contributed by atoms with E-state index in [0.717, 1.165) is 11.1 Å². The second-order valence-corrected chi connectivity index (χ2v) is 13.6. The third kappa shape index (κ3) is 2.72. The molecule has 0 aromatic heterocycles. The van der Waals surface area contributed by atoms with Crippen LogP contribution < -0.4 is 0 Å². The van der Waals surface area contributed by atoms with E-state index < -0.39 is 8.07 Å². The van der Waals surface area contributed by atoms with Gasteiger partial charge in [0.25, 0.3) is 0 Å². The van der Waals surface area contributed by atoms with E-state index in [2.05, 4.69) is 52.2 Å². The highest BCUT2D eigenvalue weighted by Gasteiger charge is 2.50. The van der Waals surface area contributed by atoms with Gasteiger partial charge in [-0.25, -0.2) is 0 Å². The van der Waals surface area contributed by atoms with Crippen molar-refractivity contribution in [3.8, 4) is 0 Å². The number of allylic oxidation sites excluding steroid dienone is 3. The Morgan fingerprint density at radius 2 is 1.90 bits per heavy atom. The third-order valence-corrected chi connectivity index (χ3v) is 6.54. The minimum Gasteiger partial charge on any atom is -0.289 e. The summed E-state index contributed by atoms with van der Waals surface area (Å²) in [5, 5.41) is 0. The molecule has 3 atom stereocenters. The number of ketones is 1. The second-order valence-electron chi connectivity index (χ2n) is 8.60. The van der Waals surface area contributed by atoms with Crippen LogP contribution in [0.4, 0.5) is 0 Å². The van der Waals surface area contributed by atoms with Gasteiger partial charge in [0.1, 0.15) is 0 Å². The van der Waals surface area contributed by atoms with Crippen LogP contribution in [0.1, 0.15) is 40.5 Å². The summed E-state index contributed by atoms with van der Waals surface area (Å²) in [5.41, 5.74) is 4.63. The maximum Gasteiger partial charge on any atom is 0.184 e. The van der Waals surface area contributed by atoms with E-state index in [0.29, 0.717) is 23.5 Å². The van der Waals surface area contributed by atoms with Crippen LogP contribution in [-0.4, -0.2) is 13.9 Å². The van der Waals surface area contributed by atoms with Crippen LogP contribution in [0.5, 0.6) is 0 Å². The zero-order valence-corrected chi connectivity index (χ0v) is 15.2. The molecule has 2 bridgehead atoms. The van der Waals surface area contributed by atoms with E-state index in [9.17, 15) is 4.79 Å². The van der Waals surface area contributed by atoms with Crippen LogP contribution in [0.3, 0.4) is 0 Å². The second kappa shape index (κ2) is 4.98. The van der Waals surface area contributed by atoms with E-state index in [-0.39, 0.29) is 5.41 Å². The quantitative estimate of drug-likeness (QED) is 0.527. The van der Waals surface area contributed by atoms with Crippen LogP contribution in [-0.2, 0) is 4.79 Å². The summed E-state index contributed by atoms with van der Waals surface area (Å²) in [6.45, 7) is 15.9. The maximum atomic E-state index is 12.9. The van der Waals surface area contributed by atoms with Gasteiger partial charge in [-0.15, -0.1) is 0 Å². The predicted molar refractivity (Wildman–Crippen MR) is 89.4 cm³/mol. The summed E-state index contributed by atoms with van der Waals surface area (Å²) in [7, 11) is -1.33. The average molecular weight is 291 g/mol. The van der Waals surface area contributed by atoms with Crippen molar-refractivity contribution in [2.24, 2.45) is 23.2 Å². The molecule has 20 heavy (non-hydrogen) atoms. The number of hydrogen-bond donors (Lipinski definition) is 0. The molecule has 112 valence electrons. The van der Waals surface area contributed by atoms with Crippen LogP contribution in [0.2, 0.25) is 19.6 Å². The van der Waals surface area contributed by atoms with E-state index in [1.807, 2.05) is 6.92 Å². The highest BCUT2D eigenvalue weighted by molar-refractivity contribution is 6.81. The maximum absolute atomic E-state index is 12.9. The summed E-state index contributed by atoms with van der Waals surface area (Å²) in [6, 6.07) is 0. The summed E-state index contributed by atoms with van der Waals surface area (Å²) < 4.78 is 0. The summed E-state index contributed by atoms with van der Waals surface area (Å²) in [6.07, 6.45) is 4.83. The lowest BCUT2D eigenvalue weighted by Crippen LogP contribution is -2.37. The largest absolute Gasteiger partial charge is 0.289 e. The zero-order chi connectivity index (χ0) is 15.3. The SMILES string of the molecule is C/C(=C\[Si](C)(C)C)C(=O)C1=C[C@@H]2CC[C@@H](C)[C@H]1C2(C)C. The molecule has 0 aliphatic heterocycles. The lowest BCUT2D eigenvalue weighted by molar-refractivity contribution is -0.113. The predicted octanol–water partition coefficient (Wildman–Crippen LogP) is 5.01. The van der Waals surface area contributed by atoms with Crippen LogP contribution in [0.25, 0.3) is 0 Å². The van der Waals surface area contributed by atoms with Crippen molar-refractivity contribution in [1.29, 1.82) is 0 Å². The van der Waals surface area contributed by atoms with E-state index >= 15 is 0 Å². The van der Waals surface area contributed by atoms with Gasteiger partial charge in [-0.2, -0.15) is 0 Å². The molecule has 0 aromatic carbocycles. The number of fused-ring (bicyclic) bond motifs is 2. The number of carbonyl (C=O) groups excluding carboxylic acids is 1. The van der Waals surface area contributed by atoms with Crippen molar-refractivity contribution < 1.29 is 4.79 Å². The molecule has 2 aliphatic carbocycles. The Labute approximate surface area is 125 Å². The van der Waals surface area contributed by atoms with Crippen molar-refractivity contribution in [3.05, 3.63) is 22.9 Å². The standard InChI is InChI=1S/C18H30OSi/c1-12-8-9-14-10-15(16(12)18(14,3)4)17(19)13(2)11-20(5,6)7/h10-12,14,16H,8-9H2,1-7H3/b13-11+/t12-,14+,16-/m1/s1. The van der Waals surface area contributed by atoms with Gasteiger partial charge >= 0.3 is 0 Å². The third-order valence-electron chi connectivity index (χ3n) is 5.24. The Morgan fingerprint density at radius 3 is 2.45 bits per heavy atom. The van der Waals surface area contributed by atoms with Gasteiger partial charge in [0.2, 0.25) is 0 Å². The molecule has 1 nitrogen and oxygen atoms in total. The topological polar surface area (TPSA) is 17.1 Å². The lowest BCUT2D eigenvalue weighted by Gasteiger charge is -2.43. The first-order chi connectivity index (χ1) is 9.04. The minimum absolute atomic E-state index is 0.266. The van der Waals surface area contributed by atoms with Gasteiger partial charge in [0, 0.05) is 0 Å². The molecular weight excluding hydrogens is 260 g/mol. The molecule has 2 heteroatoms. The Morgan fingerprint density at radius 1 is 1.30 bits per heavy atom. The molecule has 0 amide bonds. The number of rotatable bonds is 3. The monoisotopic (exact) mass is 290 g/mol. The molecule has 0 unspecified atom stereocenters. The van der Waals surface area contributed by atoms with Crippen molar-refractivity contribution >= 4 is 13.9 Å². The molecule has 0 aromatic rings. The van der Waals surface area contributed by atoms with E-state index in [1.165, 1.54) is 12.8 Å². The average Bonchev–Trinajstić information content (AvgIpc) is 2.42. The molecule has 1 saturated carbocycles. The first-order valence-electron chi connectivity index (χ1n) is 8.00. The Balaban J connectivity index is 2.33. The molecule has 0 spiro atoms. The molecule has 2 rings (SSSR count). The molecule has 0 radical (unpaired) electrons. The first-order valence-corrected chi connectivity index (χ1v) is 11.6. The molecule has 0 N–H and O–H groups in total. The van der Waals surface area contributed by atoms with Crippen LogP contribution in [0.15, 0.2) is 22.9 Å². The fourth-order valence-electron chi connectivity index (χ4n) is 4.43. The summed E-state index contributed by atoms with van der Waals surface area (Å²) in [4.78, 5) is 12.9. The van der Waals surface area contributed by atoms with Gasteiger partial charge in [0.15, 0.2) is 5.78 Å². The highest BCUT2D eigenvalue weighted by atomic mass is 28.3.